The number of H-pyrrole nitrogens is 3. The Kier molecular flexibility index (Phi) is 10.1. The van der Waals surface area contributed by atoms with E-state index >= 15 is 0 Å². The summed E-state index contributed by atoms with van der Waals surface area (Å²) in [7, 11) is 0. The molecule has 0 aromatic carbocycles. The Hall–Kier alpha value is -3.34. The van der Waals surface area contributed by atoms with Gasteiger partial charge in [-0.15, -0.1) is 0 Å². The number of aromatic nitrogens is 6. The van der Waals surface area contributed by atoms with Gasteiger partial charge < -0.3 is 20.1 Å². The van der Waals surface area contributed by atoms with Crippen LogP contribution in [0.15, 0.2) is 28.8 Å². The summed E-state index contributed by atoms with van der Waals surface area (Å²) in [6, 6.07) is 0. The van der Waals surface area contributed by atoms with E-state index in [1.807, 2.05) is 0 Å². The van der Waals surface area contributed by atoms with Crippen molar-refractivity contribution in [3.63, 3.8) is 0 Å². The minimum atomic E-state index is -0.887. The summed E-state index contributed by atoms with van der Waals surface area (Å²) < 4.78 is 6.56. The van der Waals surface area contributed by atoms with Crippen molar-refractivity contribution >= 4 is 0 Å². The van der Waals surface area contributed by atoms with Crippen molar-refractivity contribution < 1.29 is 20.1 Å². The zero-order valence-corrected chi connectivity index (χ0v) is 15.7. The van der Waals surface area contributed by atoms with E-state index in [2.05, 4.69) is 4.74 Å². The lowest BCUT2D eigenvalue weighted by atomic mass is 10.6. The molecular formula is C14H22N6O10. The monoisotopic (exact) mass is 434 g/mol. The van der Waals surface area contributed by atoms with Crippen molar-refractivity contribution in [2.45, 2.75) is 19.6 Å². The fourth-order valence-corrected chi connectivity index (χ4v) is 1.96. The van der Waals surface area contributed by atoms with E-state index < -0.39 is 54.0 Å². The minimum absolute atomic E-state index is 0.255. The maximum absolute atomic E-state index is 11.8. The van der Waals surface area contributed by atoms with Gasteiger partial charge in [-0.2, -0.15) is 0 Å². The number of hydrogen-bond donors (Lipinski definition) is 6. The molecule has 1 aliphatic rings. The largest absolute Gasteiger partial charge is 0.395 e. The van der Waals surface area contributed by atoms with Crippen molar-refractivity contribution in [1.29, 1.82) is 0 Å². The van der Waals surface area contributed by atoms with Gasteiger partial charge in [0.15, 0.2) is 0 Å². The Labute approximate surface area is 165 Å². The fraction of sp³-hybridized carbons (Fsp3) is 0.571. The Morgan fingerprint density at radius 1 is 0.600 bits per heavy atom. The number of aliphatic hydroxyl groups excluding tert-OH is 3. The Bertz CT molecular complexity index is 955. The van der Waals surface area contributed by atoms with Crippen molar-refractivity contribution in [2.24, 2.45) is 0 Å². The number of ether oxygens (including phenoxy) is 1. The van der Waals surface area contributed by atoms with Crippen LogP contribution in [0.2, 0.25) is 0 Å². The van der Waals surface area contributed by atoms with E-state index in [9.17, 15) is 28.8 Å². The summed E-state index contributed by atoms with van der Waals surface area (Å²) in [6.45, 7) is -0.0821. The van der Waals surface area contributed by atoms with E-state index in [-0.39, 0.29) is 19.6 Å². The topological polar surface area (TPSA) is 238 Å². The van der Waals surface area contributed by atoms with Gasteiger partial charge in [0.25, 0.3) is 0 Å². The van der Waals surface area contributed by atoms with Gasteiger partial charge >= 0.3 is 34.1 Å². The van der Waals surface area contributed by atoms with Crippen LogP contribution in [0, 0.1) is 0 Å². The van der Waals surface area contributed by atoms with Gasteiger partial charge in [-0.05, 0) is 0 Å². The number of hydrogen-bond acceptors (Lipinski definition) is 10. The third-order valence-corrected chi connectivity index (χ3v) is 3.24. The summed E-state index contributed by atoms with van der Waals surface area (Å²) in [4.78, 5) is 71.2. The predicted octanol–water partition coefficient (Wildman–Crippen LogP) is -6.08. The molecule has 1 fully saturated rings. The lowest BCUT2D eigenvalue weighted by Gasteiger charge is -2.11. The summed E-state index contributed by atoms with van der Waals surface area (Å²) in [5, 5.41) is 26.4. The zero-order valence-electron chi connectivity index (χ0n) is 15.7. The molecule has 16 heteroatoms. The SMILES string of the molecule is C1CO1.O=c1[nH]c(=O)[nH]c(=O)[nH]1.O=c1n(CCO)c(=O)n(CCO)c(=O)n1CCO. The van der Waals surface area contributed by atoms with Gasteiger partial charge in [0.05, 0.1) is 52.7 Å². The molecule has 0 saturated carbocycles. The van der Waals surface area contributed by atoms with Crippen LogP contribution in [-0.2, 0) is 24.4 Å². The van der Waals surface area contributed by atoms with Crippen molar-refractivity contribution in [3.05, 3.63) is 62.9 Å². The number of nitrogens with one attached hydrogen (secondary N) is 3. The van der Waals surface area contributed by atoms with E-state index in [4.69, 9.17) is 15.3 Å². The van der Waals surface area contributed by atoms with E-state index in [0.717, 1.165) is 13.2 Å². The number of aliphatic hydroxyl groups is 3. The third-order valence-electron chi connectivity index (χ3n) is 3.24. The molecule has 1 aliphatic heterocycles. The second-order valence-corrected chi connectivity index (χ2v) is 5.45. The summed E-state index contributed by atoms with van der Waals surface area (Å²) in [5.41, 5.74) is -5.07. The molecule has 0 atom stereocenters. The number of rotatable bonds is 6. The van der Waals surface area contributed by atoms with Crippen LogP contribution in [0.5, 0.6) is 0 Å². The van der Waals surface area contributed by atoms with Crippen molar-refractivity contribution in [3.8, 4) is 0 Å². The highest BCUT2D eigenvalue weighted by Gasteiger charge is 2.14. The first-order chi connectivity index (χ1) is 14.3. The van der Waals surface area contributed by atoms with Gasteiger partial charge in [0, 0.05) is 0 Å². The van der Waals surface area contributed by atoms with E-state index in [1.165, 1.54) is 0 Å². The zero-order chi connectivity index (χ0) is 22.7. The first kappa shape index (κ1) is 24.7. The molecule has 30 heavy (non-hydrogen) atoms. The molecule has 0 radical (unpaired) electrons. The molecule has 1 saturated heterocycles. The normalized spacial score (nSPS) is 11.7. The molecule has 6 N–H and O–H groups in total. The fourth-order valence-electron chi connectivity index (χ4n) is 1.96. The first-order valence-electron chi connectivity index (χ1n) is 8.54. The van der Waals surface area contributed by atoms with Crippen LogP contribution in [0.4, 0.5) is 0 Å². The van der Waals surface area contributed by atoms with Crippen LogP contribution in [0.1, 0.15) is 0 Å². The van der Waals surface area contributed by atoms with E-state index in [0.29, 0.717) is 13.7 Å². The highest BCUT2D eigenvalue weighted by molar-refractivity contribution is 4.79. The molecule has 0 aliphatic carbocycles. The molecule has 0 bridgehead atoms. The molecule has 2 aromatic rings. The lowest BCUT2D eigenvalue weighted by molar-refractivity contribution is 0.239. The van der Waals surface area contributed by atoms with Gasteiger partial charge in [-0.3, -0.25) is 15.0 Å². The smallest absolute Gasteiger partial charge is 0.336 e. The van der Waals surface area contributed by atoms with Crippen molar-refractivity contribution in [2.75, 3.05) is 33.0 Å². The average Bonchev–Trinajstić information content (AvgIpc) is 3.54. The average molecular weight is 434 g/mol. The van der Waals surface area contributed by atoms with Crippen LogP contribution < -0.4 is 34.1 Å². The number of aromatic amines is 3. The van der Waals surface area contributed by atoms with Gasteiger partial charge in [-0.1, -0.05) is 0 Å². The molecule has 16 nitrogen and oxygen atoms in total. The molecule has 0 amide bonds. The third kappa shape index (κ3) is 7.59. The molecule has 3 rings (SSSR count). The van der Waals surface area contributed by atoms with Crippen LogP contribution in [-0.4, -0.2) is 77.0 Å². The highest BCUT2D eigenvalue weighted by Crippen LogP contribution is 1.84. The maximum atomic E-state index is 11.8. The summed E-state index contributed by atoms with van der Waals surface area (Å²) >= 11 is 0. The Balaban J connectivity index is 0.000000306. The van der Waals surface area contributed by atoms with Crippen LogP contribution >= 0.6 is 0 Å². The second-order valence-electron chi connectivity index (χ2n) is 5.45. The molecule has 0 spiro atoms. The van der Waals surface area contributed by atoms with Crippen molar-refractivity contribution in [1.82, 2.24) is 28.7 Å². The standard InChI is InChI=1S/C9H15N3O6.C3H3N3O3.C2H4O/c13-4-1-10-7(16)11(2-5-14)9(18)12(3-6-15)8(10)17;7-1-4-2(8)6-3(9)5-1;1-2-3-1/h13-15H,1-6H2;(H3,4,5,6,7,8,9);1-2H2. The lowest BCUT2D eigenvalue weighted by Crippen LogP contribution is -2.55. The van der Waals surface area contributed by atoms with Gasteiger partial charge in [0.1, 0.15) is 0 Å². The van der Waals surface area contributed by atoms with Gasteiger partial charge in [0.2, 0.25) is 0 Å². The molecule has 3 heterocycles. The highest BCUT2D eigenvalue weighted by atomic mass is 16.6. The summed E-state index contributed by atoms with van der Waals surface area (Å²) in [5.74, 6) is 0. The Morgan fingerprint density at radius 3 is 1.00 bits per heavy atom. The summed E-state index contributed by atoms with van der Waals surface area (Å²) in [6.07, 6.45) is 0. The quantitative estimate of drug-likeness (QED) is 0.235. The second kappa shape index (κ2) is 12.3. The van der Waals surface area contributed by atoms with Crippen LogP contribution in [0.3, 0.4) is 0 Å². The van der Waals surface area contributed by atoms with E-state index in [1.54, 1.807) is 15.0 Å². The first-order valence-corrected chi connectivity index (χ1v) is 8.54. The molecule has 0 unspecified atom stereocenters. The maximum Gasteiger partial charge on any atom is 0.336 e. The molecule has 2 aromatic heterocycles. The van der Waals surface area contributed by atoms with Gasteiger partial charge in [-0.25, -0.2) is 42.5 Å². The predicted molar refractivity (Wildman–Crippen MR) is 99.6 cm³/mol. The van der Waals surface area contributed by atoms with Crippen LogP contribution in [0.25, 0.3) is 0 Å². The minimum Gasteiger partial charge on any atom is -0.395 e. The number of nitrogens with zero attached hydrogens (tertiary/aromatic N) is 3. The molecule has 168 valence electrons. The molecular weight excluding hydrogens is 412 g/mol. The number of epoxide rings is 1. The Morgan fingerprint density at radius 2 is 0.833 bits per heavy atom.